The SMILES string of the molecule is CC(C)(C)[Si](C)(C)OCc1cc2ccccc2c([N+]#N)c1O. The van der Waals surface area contributed by atoms with Gasteiger partial charge in [0.1, 0.15) is 0 Å². The van der Waals surface area contributed by atoms with Crippen molar-refractivity contribution < 1.29 is 9.53 Å². The van der Waals surface area contributed by atoms with Gasteiger partial charge in [0.05, 0.1) is 12.0 Å². The Morgan fingerprint density at radius 1 is 1.23 bits per heavy atom. The highest BCUT2D eigenvalue weighted by Gasteiger charge is 2.37. The number of hydrogen-bond acceptors (Lipinski definition) is 3. The van der Waals surface area contributed by atoms with Crippen LogP contribution in [0.2, 0.25) is 18.1 Å². The molecular weight excluding hydrogens is 292 g/mol. The van der Waals surface area contributed by atoms with Gasteiger partial charge in [-0.25, -0.2) is 0 Å². The lowest BCUT2D eigenvalue weighted by Gasteiger charge is -2.36. The molecule has 0 radical (unpaired) electrons. The smallest absolute Gasteiger partial charge is 0.434 e. The average molecular weight is 315 g/mol. The van der Waals surface area contributed by atoms with E-state index in [9.17, 15) is 10.5 Å². The first kappa shape index (κ1) is 16.5. The molecule has 2 aromatic rings. The molecule has 5 heteroatoms. The van der Waals surface area contributed by atoms with Gasteiger partial charge in [-0.05, 0) is 35.7 Å². The monoisotopic (exact) mass is 315 g/mol. The molecule has 0 aromatic heterocycles. The van der Waals surface area contributed by atoms with Gasteiger partial charge < -0.3 is 9.53 Å². The molecule has 22 heavy (non-hydrogen) atoms. The maximum absolute atomic E-state index is 10.4. The molecule has 0 aliphatic carbocycles. The Hall–Kier alpha value is -1.90. The van der Waals surface area contributed by atoms with Crippen LogP contribution in [0.15, 0.2) is 30.3 Å². The predicted octanol–water partition coefficient (Wildman–Crippen LogP) is 5.55. The molecule has 0 saturated carbocycles. The Balaban J connectivity index is 2.41. The van der Waals surface area contributed by atoms with Crippen LogP contribution in [0, 0.1) is 5.39 Å². The zero-order valence-electron chi connectivity index (χ0n) is 13.8. The molecule has 0 bridgehead atoms. The third-order valence-electron chi connectivity index (χ3n) is 4.57. The van der Waals surface area contributed by atoms with Crippen LogP contribution in [0.3, 0.4) is 0 Å². The fraction of sp³-hybridized carbons (Fsp3) is 0.412. The van der Waals surface area contributed by atoms with Crippen molar-refractivity contribution in [2.75, 3.05) is 0 Å². The van der Waals surface area contributed by atoms with Gasteiger partial charge >= 0.3 is 5.69 Å². The summed E-state index contributed by atoms with van der Waals surface area (Å²) in [5.41, 5.74) is 0.850. The zero-order valence-corrected chi connectivity index (χ0v) is 14.8. The topological polar surface area (TPSA) is 57.6 Å². The van der Waals surface area contributed by atoms with E-state index in [2.05, 4.69) is 38.8 Å². The summed E-state index contributed by atoms with van der Waals surface area (Å²) in [5.74, 6) is -0.0140. The Morgan fingerprint density at radius 3 is 2.45 bits per heavy atom. The van der Waals surface area contributed by atoms with E-state index in [0.717, 1.165) is 10.8 Å². The minimum Gasteiger partial charge on any atom is -0.501 e. The first-order valence-corrected chi connectivity index (χ1v) is 10.3. The van der Waals surface area contributed by atoms with Gasteiger partial charge in [-0.2, -0.15) is 0 Å². The number of aromatic hydroxyl groups is 1. The quantitative estimate of drug-likeness (QED) is 0.596. The van der Waals surface area contributed by atoms with Gasteiger partial charge in [0.15, 0.2) is 13.3 Å². The molecule has 0 saturated heterocycles. The molecule has 2 aromatic carbocycles. The van der Waals surface area contributed by atoms with E-state index in [-0.39, 0.29) is 16.5 Å². The lowest BCUT2D eigenvalue weighted by molar-refractivity contribution is 0.271. The van der Waals surface area contributed by atoms with Crippen molar-refractivity contribution in [2.24, 2.45) is 0 Å². The molecular formula is C17H23N2O2Si+. The van der Waals surface area contributed by atoms with Crippen molar-refractivity contribution in [1.29, 1.82) is 5.39 Å². The second-order valence-corrected chi connectivity index (χ2v) is 11.9. The number of fused-ring (bicyclic) bond motifs is 1. The summed E-state index contributed by atoms with van der Waals surface area (Å²) in [7, 11) is -1.91. The van der Waals surface area contributed by atoms with Gasteiger partial charge in [-0.1, -0.05) is 39.0 Å². The number of nitrogens with zero attached hydrogens (tertiary/aromatic N) is 2. The minimum atomic E-state index is -1.91. The normalized spacial score (nSPS) is 12.4. The highest BCUT2D eigenvalue weighted by molar-refractivity contribution is 6.74. The van der Waals surface area contributed by atoms with E-state index in [1.165, 1.54) is 0 Å². The summed E-state index contributed by atoms with van der Waals surface area (Å²) in [4.78, 5) is 3.26. The molecule has 0 atom stereocenters. The van der Waals surface area contributed by atoms with E-state index in [1.807, 2.05) is 30.3 Å². The van der Waals surface area contributed by atoms with Crippen molar-refractivity contribution in [3.8, 4) is 5.75 Å². The summed E-state index contributed by atoms with van der Waals surface area (Å²) in [6, 6.07) is 9.41. The number of phenols is 1. The molecule has 0 amide bonds. The fourth-order valence-corrected chi connectivity index (χ4v) is 3.01. The summed E-state index contributed by atoms with van der Waals surface area (Å²) in [6.45, 7) is 11.2. The second-order valence-electron chi connectivity index (χ2n) is 7.10. The number of benzene rings is 2. The number of phenolic OH excluding ortho intramolecular Hbond substituents is 1. The van der Waals surface area contributed by atoms with Crippen LogP contribution in [-0.4, -0.2) is 13.4 Å². The number of rotatable bonds is 3. The van der Waals surface area contributed by atoms with Crippen molar-refractivity contribution in [2.45, 2.75) is 45.5 Å². The van der Waals surface area contributed by atoms with Crippen LogP contribution in [0.4, 0.5) is 5.69 Å². The average Bonchev–Trinajstić information content (AvgIpc) is 2.44. The Bertz CT molecular complexity index is 743. The van der Waals surface area contributed by atoms with Crippen molar-refractivity contribution >= 4 is 24.8 Å². The Labute approximate surface area is 132 Å². The molecule has 0 aliphatic heterocycles. The second kappa shape index (κ2) is 5.71. The number of diazo groups is 1. The van der Waals surface area contributed by atoms with Crippen molar-refractivity contribution in [3.05, 3.63) is 40.9 Å². The Kier molecular flexibility index (Phi) is 4.27. The van der Waals surface area contributed by atoms with Crippen molar-refractivity contribution in [1.82, 2.24) is 0 Å². The lowest BCUT2D eigenvalue weighted by Crippen LogP contribution is -2.40. The molecule has 116 valence electrons. The first-order chi connectivity index (χ1) is 10.2. The van der Waals surface area contributed by atoms with Gasteiger partial charge in [0.2, 0.25) is 11.1 Å². The zero-order chi connectivity index (χ0) is 16.5. The molecule has 0 heterocycles. The molecule has 0 fully saturated rings. The summed E-state index contributed by atoms with van der Waals surface area (Å²) >= 11 is 0. The summed E-state index contributed by atoms with van der Waals surface area (Å²) in [5, 5.41) is 21.3. The first-order valence-electron chi connectivity index (χ1n) is 7.40. The highest BCUT2D eigenvalue weighted by atomic mass is 28.4. The van der Waals surface area contributed by atoms with E-state index >= 15 is 0 Å². The summed E-state index contributed by atoms with van der Waals surface area (Å²) in [6.07, 6.45) is 0. The fourth-order valence-electron chi connectivity index (χ4n) is 2.06. The lowest BCUT2D eigenvalue weighted by atomic mass is 10.0. The van der Waals surface area contributed by atoms with Crippen LogP contribution in [0.25, 0.3) is 15.7 Å². The molecule has 1 N–H and O–H groups in total. The van der Waals surface area contributed by atoms with Gasteiger partial charge in [-0.3, -0.25) is 0 Å². The van der Waals surface area contributed by atoms with Crippen LogP contribution in [-0.2, 0) is 11.0 Å². The van der Waals surface area contributed by atoms with Crippen molar-refractivity contribution in [3.63, 3.8) is 0 Å². The molecule has 0 aliphatic rings. The van der Waals surface area contributed by atoms with Gasteiger partial charge in [0, 0.05) is 5.56 Å². The molecule has 4 nitrogen and oxygen atoms in total. The van der Waals surface area contributed by atoms with E-state index < -0.39 is 8.32 Å². The number of hydrogen-bond donors (Lipinski definition) is 1. The van der Waals surface area contributed by atoms with E-state index in [1.54, 1.807) is 0 Å². The standard InChI is InChI=1S/C17H22N2O2Si/c1-17(2,3)22(4,5)21-11-13-10-12-8-6-7-9-14(12)15(19-18)16(13)20/h6-10H,11H2,1-5H3/p+1. The maximum Gasteiger partial charge on any atom is 0.434 e. The van der Waals surface area contributed by atoms with E-state index in [4.69, 9.17) is 4.43 Å². The van der Waals surface area contributed by atoms with E-state index in [0.29, 0.717) is 12.2 Å². The summed E-state index contributed by atoms with van der Waals surface area (Å²) < 4.78 is 6.16. The molecule has 2 rings (SSSR count). The largest absolute Gasteiger partial charge is 0.501 e. The molecule has 0 spiro atoms. The van der Waals surface area contributed by atoms with Crippen LogP contribution in [0.1, 0.15) is 26.3 Å². The van der Waals surface area contributed by atoms with Crippen LogP contribution >= 0.6 is 0 Å². The predicted molar refractivity (Wildman–Crippen MR) is 92.3 cm³/mol. The maximum atomic E-state index is 10.4. The third-order valence-corrected chi connectivity index (χ3v) is 9.05. The third kappa shape index (κ3) is 2.98. The van der Waals surface area contributed by atoms with Crippen LogP contribution in [0.5, 0.6) is 5.75 Å². The van der Waals surface area contributed by atoms with Gasteiger partial charge in [0.25, 0.3) is 0 Å². The van der Waals surface area contributed by atoms with Gasteiger partial charge in [-0.15, -0.1) is 0 Å². The molecule has 0 unspecified atom stereocenters. The van der Waals surface area contributed by atoms with Crippen LogP contribution < -0.4 is 0 Å². The highest BCUT2D eigenvalue weighted by Crippen LogP contribution is 2.41. The Morgan fingerprint density at radius 2 is 1.86 bits per heavy atom. The minimum absolute atomic E-state index is 0.0140.